The number of halogens is 1. The normalized spacial score (nSPS) is 18.6. The van der Waals surface area contributed by atoms with Crippen molar-refractivity contribution in [1.29, 1.82) is 0 Å². The van der Waals surface area contributed by atoms with Crippen LogP contribution in [0.1, 0.15) is 31.2 Å². The van der Waals surface area contributed by atoms with E-state index in [1.165, 1.54) is 12.8 Å². The Kier molecular flexibility index (Phi) is 5.40. The highest BCUT2D eigenvalue weighted by Crippen LogP contribution is 2.39. The number of rotatable bonds is 6. The number of carbonyl (C=O) groups is 1. The summed E-state index contributed by atoms with van der Waals surface area (Å²) in [4.78, 5) is 24.2. The predicted molar refractivity (Wildman–Crippen MR) is 112 cm³/mol. The fourth-order valence-electron chi connectivity index (χ4n) is 4.31. The highest BCUT2D eigenvalue weighted by atomic mass is 35.5. The smallest absolute Gasteiger partial charge is 0.230 e. The molecule has 4 rings (SSSR count). The van der Waals surface area contributed by atoms with E-state index >= 15 is 0 Å². The Hall–Kier alpha value is -2.34. The third kappa shape index (κ3) is 3.78. The maximum atomic E-state index is 13.3. The molecule has 0 spiro atoms. The van der Waals surface area contributed by atoms with E-state index in [-0.39, 0.29) is 5.91 Å². The maximum absolute atomic E-state index is 13.3. The van der Waals surface area contributed by atoms with E-state index in [0.29, 0.717) is 30.6 Å². The summed E-state index contributed by atoms with van der Waals surface area (Å²) in [6.07, 6.45) is 8.62. The summed E-state index contributed by atoms with van der Waals surface area (Å²) in [7, 11) is 1.83. The Labute approximate surface area is 170 Å². The number of amides is 1. The number of hydrogen-bond donors (Lipinski definition) is 2. The molecule has 0 radical (unpaired) electrons. The third-order valence-electron chi connectivity index (χ3n) is 5.83. The first-order valence-corrected chi connectivity index (χ1v) is 10.3. The molecular weight excluding hydrogens is 374 g/mol. The molecule has 0 atom stereocenters. The standard InChI is InChI=1S/C21H26ClN5O/c1-23-18-19(25-11-10-24-18)27-13-21(14-27,12-15-6-8-16(22)9-7-15)20(28)26-17-4-2-3-5-17/h6-11,17H,2-5,12-14H2,1H3,(H,23,24)(H,26,28). The molecule has 2 heterocycles. The van der Waals surface area contributed by atoms with Gasteiger partial charge in [-0.3, -0.25) is 4.79 Å². The van der Waals surface area contributed by atoms with Crippen molar-refractivity contribution in [1.82, 2.24) is 15.3 Å². The summed E-state index contributed by atoms with van der Waals surface area (Å²) in [5.74, 6) is 1.68. The zero-order valence-corrected chi connectivity index (χ0v) is 16.9. The molecule has 6 nitrogen and oxygen atoms in total. The van der Waals surface area contributed by atoms with E-state index < -0.39 is 5.41 Å². The Morgan fingerprint density at radius 2 is 1.86 bits per heavy atom. The third-order valence-corrected chi connectivity index (χ3v) is 6.08. The van der Waals surface area contributed by atoms with Gasteiger partial charge >= 0.3 is 0 Å². The van der Waals surface area contributed by atoms with Gasteiger partial charge in [0.15, 0.2) is 11.6 Å². The van der Waals surface area contributed by atoms with E-state index in [0.717, 1.165) is 30.0 Å². The van der Waals surface area contributed by atoms with Crippen LogP contribution in [-0.2, 0) is 11.2 Å². The molecule has 1 aromatic heterocycles. The zero-order valence-electron chi connectivity index (χ0n) is 16.1. The molecule has 1 saturated carbocycles. The second kappa shape index (κ2) is 7.95. The Balaban J connectivity index is 1.54. The molecule has 148 valence electrons. The van der Waals surface area contributed by atoms with Crippen molar-refractivity contribution in [3.8, 4) is 0 Å². The van der Waals surface area contributed by atoms with Crippen LogP contribution in [0.2, 0.25) is 5.02 Å². The molecule has 7 heteroatoms. The lowest BCUT2D eigenvalue weighted by atomic mass is 9.73. The Morgan fingerprint density at radius 3 is 2.54 bits per heavy atom. The van der Waals surface area contributed by atoms with E-state index in [1.807, 2.05) is 31.3 Å². The maximum Gasteiger partial charge on any atom is 0.230 e. The van der Waals surface area contributed by atoms with Crippen LogP contribution >= 0.6 is 11.6 Å². The van der Waals surface area contributed by atoms with Crippen molar-refractivity contribution in [3.05, 3.63) is 47.2 Å². The van der Waals surface area contributed by atoms with Crippen molar-refractivity contribution >= 4 is 29.1 Å². The van der Waals surface area contributed by atoms with Crippen LogP contribution in [0.15, 0.2) is 36.7 Å². The zero-order chi connectivity index (χ0) is 19.6. The monoisotopic (exact) mass is 399 g/mol. The van der Waals surface area contributed by atoms with Gasteiger partial charge in [-0.25, -0.2) is 9.97 Å². The number of carbonyl (C=O) groups excluding carboxylic acids is 1. The first kappa shape index (κ1) is 19.0. The van der Waals surface area contributed by atoms with E-state index in [1.54, 1.807) is 12.4 Å². The number of hydrogen-bond acceptors (Lipinski definition) is 5. The Bertz CT molecular complexity index is 829. The van der Waals surface area contributed by atoms with Gasteiger partial charge in [0.05, 0.1) is 5.41 Å². The summed E-state index contributed by atoms with van der Waals surface area (Å²) < 4.78 is 0. The van der Waals surface area contributed by atoms with Crippen molar-refractivity contribution < 1.29 is 4.79 Å². The van der Waals surface area contributed by atoms with Gasteiger partial charge in [0, 0.05) is 43.6 Å². The topological polar surface area (TPSA) is 70.2 Å². The molecule has 2 N–H and O–H groups in total. The van der Waals surface area contributed by atoms with Crippen LogP contribution in [0.3, 0.4) is 0 Å². The molecule has 0 unspecified atom stereocenters. The summed E-state index contributed by atoms with van der Waals surface area (Å²) in [6, 6.07) is 8.11. The first-order valence-electron chi connectivity index (χ1n) is 9.89. The van der Waals surface area contributed by atoms with Gasteiger partial charge in [0.25, 0.3) is 0 Å². The SMILES string of the molecule is CNc1nccnc1N1CC(Cc2ccc(Cl)cc2)(C(=O)NC2CCCC2)C1. The van der Waals surface area contributed by atoms with Crippen LogP contribution in [0, 0.1) is 5.41 Å². The fraction of sp³-hybridized carbons (Fsp3) is 0.476. The lowest BCUT2D eigenvalue weighted by molar-refractivity contribution is -0.133. The highest BCUT2D eigenvalue weighted by molar-refractivity contribution is 6.30. The minimum Gasteiger partial charge on any atom is -0.370 e. The molecule has 2 fully saturated rings. The van der Waals surface area contributed by atoms with Crippen molar-refractivity contribution in [2.24, 2.45) is 5.41 Å². The lowest BCUT2D eigenvalue weighted by Crippen LogP contribution is -2.65. The minimum absolute atomic E-state index is 0.153. The molecule has 1 aliphatic carbocycles. The largest absolute Gasteiger partial charge is 0.370 e. The second-order valence-electron chi connectivity index (χ2n) is 7.87. The van der Waals surface area contributed by atoms with Gasteiger partial charge in [0.2, 0.25) is 5.91 Å². The quantitative estimate of drug-likeness (QED) is 0.780. The van der Waals surface area contributed by atoms with Crippen molar-refractivity contribution in [2.45, 2.75) is 38.1 Å². The van der Waals surface area contributed by atoms with Crippen LogP contribution in [0.25, 0.3) is 0 Å². The molecular formula is C21H26ClN5O. The number of anilines is 2. The number of benzene rings is 1. The van der Waals surface area contributed by atoms with Crippen LogP contribution in [0.4, 0.5) is 11.6 Å². The number of nitrogens with one attached hydrogen (secondary N) is 2. The second-order valence-corrected chi connectivity index (χ2v) is 8.31. The summed E-state index contributed by atoms with van der Waals surface area (Å²) in [5.41, 5.74) is 0.664. The molecule has 1 aromatic carbocycles. The summed E-state index contributed by atoms with van der Waals surface area (Å²) in [6.45, 7) is 1.25. The number of nitrogens with zero attached hydrogens (tertiary/aromatic N) is 3. The molecule has 1 aliphatic heterocycles. The van der Waals surface area contributed by atoms with Crippen LogP contribution < -0.4 is 15.5 Å². The molecule has 28 heavy (non-hydrogen) atoms. The highest BCUT2D eigenvalue weighted by Gasteiger charge is 2.50. The number of aromatic nitrogens is 2. The van der Waals surface area contributed by atoms with Gasteiger partial charge < -0.3 is 15.5 Å². The van der Waals surface area contributed by atoms with Gasteiger partial charge in [-0.2, -0.15) is 0 Å². The summed E-state index contributed by atoms with van der Waals surface area (Å²) >= 11 is 6.03. The molecule has 1 saturated heterocycles. The van der Waals surface area contributed by atoms with Crippen molar-refractivity contribution in [3.63, 3.8) is 0 Å². The van der Waals surface area contributed by atoms with Gasteiger partial charge in [-0.05, 0) is 37.0 Å². The fourth-order valence-corrected chi connectivity index (χ4v) is 4.44. The van der Waals surface area contributed by atoms with Gasteiger partial charge in [-0.1, -0.05) is 36.6 Å². The van der Waals surface area contributed by atoms with E-state index in [9.17, 15) is 4.79 Å². The minimum atomic E-state index is -0.459. The van der Waals surface area contributed by atoms with Gasteiger partial charge in [-0.15, -0.1) is 0 Å². The van der Waals surface area contributed by atoms with Gasteiger partial charge in [0.1, 0.15) is 0 Å². The molecule has 2 aromatic rings. The average Bonchev–Trinajstić information content (AvgIpc) is 3.19. The Morgan fingerprint density at radius 1 is 1.18 bits per heavy atom. The van der Waals surface area contributed by atoms with Crippen LogP contribution in [-0.4, -0.2) is 42.1 Å². The molecule has 1 amide bonds. The molecule has 2 aliphatic rings. The average molecular weight is 400 g/mol. The van der Waals surface area contributed by atoms with E-state index in [2.05, 4.69) is 25.5 Å². The predicted octanol–water partition coefficient (Wildman–Crippen LogP) is 3.28. The van der Waals surface area contributed by atoms with Crippen molar-refractivity contribution in [2.75, 3.05) is 30.4 Å². The lowest BCUT2D eigenvalue weighted by Gasteiger charge is -2.50. The molecule has 0 bridgehead atoms. The summed E-state index contributed by atoms with van der Waals surface area (Å²) in [5, 5.41) is 7.11. The first-order chi connectivity index (χ1) is 13.6. The van der Waals surface area contributed by atoms with E-state index in [4.69, 9.17) is 11.6 Å². The van der Waals surface area contributed by atoms with Crippen LogP contribution in [0.5, 0.6) is 0 Å².